The first-order valence-electron chi connectivity index (χ1n) is 6.42. The van der Waals surface area contributed by atoms with Crippen LogP contribution in [0.15, 0.2) is 61.1 Å². The second-order valence-corrected chi connectivity index (χ2v) is 4.34. The summed E-state index contributed by atoms with van der Waals surface area (Å²) in [6.45, 7) is 0. The van der Waals surface area contributed by atoms with Crippen molar-refractivity contribution in [3.05, 3.63) is 66.8 Å². The Labute approximate surface area is 121 Å². The molecule has 0 atom stereocenters. The van der Waals surface area contributed by atoms with Gasteiger partial charge < -0.3 is 5.32 Å². The van der Waals surface area contributed by atoms with Crippen molar-refractivity contribution in [1.82, 2.24) is 15.0 Å². The molecule has 5 nitrogen and oxygen atoms in total. The normalized spacial score (nSPS) is 10.9. The molecule has 5 heteroatoms. The number of hydrogen-bond donors (Lipinski definition) is 1. The third-order valence-electron chi connectivity index (χ3n) is 2.82. The molecule has 0 saturated heterocycles. The van der Waals surface area contributed by atoms with Gasteiger partial charge in [-0.2, -0.15) is 0 Å². The maximum absolute atomic E-state index is 11.8. The highest BCUT2D eigenvalue weighted by molar-refractivity contribution is 6.01. The Morgan fingerprint density at radius 1 is 1.05 bits per heavy atom. The van der Waals surface area contributed by atoms with Crippen LogP contribution in [0.1, 0.15) is 5.69 Å². The molecule has 21 heavy (non-hydrogen) atoms. The Morgan fingerprint density at radius 3 is 2.62 bits per heavy atom. The van der Waals surface area contributed by atoms with Gasteiger partial charge in [0.25, 0.3) is 0 Å². The Morgan fingerprint density at radius 2 is 1.81 bits per heavy atom. The van der Waals surface area contributed by atoms with Gasteiger partial charge in [-0.05, 0) is 30.3 Å². The fourth-order valence-electron chi connectivity index (χ4n) is 1.83. The number of fused-ring (bicyclic) bond motifs is 1. The Bertz CT molecular complexity index is 799. The summed E-state index contributed by atoms with van der Waals surface area (Å²) in [6.07, 6.45) is 7.94. The Kier molecular flexibility index (Phi) is 3.64. The van der Waals surface area contributed by atoms with Crippen LogP contribution < -0.4 is 5.32 Å². The highest BCUT2D eigenvalue weighted by atomic mass is 16.1. The number of nitrogens with one attached hydrogen (secondary N) is 1. The third-order valence-corrected chi connectivity index (χ3v) is 2.82. The summed E-state index contributed by atoms with van der Waals surface area (Å²) in [5.41, 5.74) is 2.97. The summed E-state index contributed by atoms with van der Waals surface area (Å²) >= 11 is 0. The summed E-state index contributed by atoms with van der Waals surface area (Å²) in [7, 11) is 0. The summed E-state index contributed by atoms with van der Waals surface area (Å²) < 4.78 is 0. The van der Waals surface area contributed by atoms with E-state index in [0.29, 0.717) is 11.4 Å². The number of rotatable bonds is 3. The van der Waals surface area contributed by atoms with Gasteiger partial charge >= 0.3 is 0 Å². The first-order chi connectivity index (χ1) is 10.3. The van der Waals surface area contributed by atoms with E-state index in [1.165, 1.54) is 6.08 Å². The predicted octanol–water partition coefficient (Wildman–Crippen LogP) is 2.68. The van der Waals surface area contributed by atoms with E-state index in [2.05, 4.69) is 20.3 Å². The minimum Gasteiger partial charge on any atom is -0.322 e. The van der Waals surface area contributed by atoms with E-state index in [-0.39, 0.29) is 5.91 Å². The minimum atomic E-state index is -0.226. The lowest BCUT2D eigenvalue weighted by Gasteiger charge is -2.00. The standard InChI is InChI=1S/C16H12N4O/c21-16(20-12-7-9-17-10-8-12)6-5-13-11-18-14-3-1-2-4-15(14)19-13/h1-11H,(H,17,20,21). The van der Waals surface area contributed by atoms with Crippen molar-refractivity contribution in [2.24, 2.45) is 0 Å². The fourth-order valence-corrected chi connectivity index (χ4v) is 1.83. The zero-order valence-electron chi connectivity index (χ0n) is 11.1. The van der Waals surface area contributed by atoms with Crippen LogP contribution in [0.3, 0.4) is 0 Å². The molecule has 1 amide bonds. The Balaban J connectivity index is 1.73. The van der Waals surface area contributed by atoms with Gasteiger partial charge in [0, 0.05) is 24.2 Å². The highest BCUT2D eigenvalue weighted by Crippen LogP contribution is 2.09. The molecule has 102 valence electrons. The number of hydrogen-bond acceptors (Lipinski definition) is 4. The zero-order valence-corrected chi connectivity index (χ0v) is 11.1. The number of pyridine rings is 1. The fraction of sp³-hybridized carbons (Fsp3) is 0. The predicted molar refractivity (Wildman–Crippen MR) is 81.4 cm³/mol. The number of amides is 1. The van der Waals surface area contributed by atoms with Gasteiger partial charge in [0.2, 0.25) is 5.91 Å². The third kappa shape index (κ3) is 3.27. The molecular formula is C16H12N4O. The van der Waals surface area contributed by atoms with Gasteiger partial charge in [-0.25, -0.2) is 4.98 Å². The van der Waals surface area contributed by atoms with E-state index in [4.69, 9.17) is 0 Å². The quantitative estimate of drug-likeness (QED) is 0.747. The van der Waals surface area contributed by atoms with Gasteiger partial charge in [0.05, 0.1) is 22.9 Å². The number of carbonyl (C=O) groups is 1. The van der Waals surface area contributed by atoms with Crippen LogP contribution in [-0.4, -0.2) is 20.9 Å². The molecule has 2 aromatic heterocycles. The molecule has 0 radical (unpaired) electrons. The molecule has 0 bridgehead atoms. The summed E-state index contributed by atoms with van der Waals surface area (Å²) in [4.78, 5) is 24.4. The van der Waals surface area contributed by atoms with Gasteiger partial charge in [0.1, 0.15) is 0 Å². The SMILES string of the molecule is O=C(C=Cc1cnc2ccccc2n1)Nc1ccncc1. The molecule has 2 heterocycles. The van der Waals surface area contributed by atoms with Crippen molar-refractivity contribution >= 4 is 28.7 Å². The first kappa shape index (κ1) is 12.9. The minimum absolute atomic E-state index is 0.226. The van der Waals surface area contributed by atoms with Crippen molar-refractivity contribution in [3.8, 4) is 0 Å². The van der Waals surface area contributed by atoms with Gasteiger partial charge in [-0.3, -0.25) is 14.8 Å². The van der Waals surface area contributed by atoms with Crippen molar-refractivity contribution in [2.45, 2.75) is 0 Å². The number of nitrogens with zero attached hydrogens (tertiary/aromatic N) is 3. The largest absolute Gasteiger partial charge is 0.322 e. The van der Waals surface area contributed by atoms with Crippen molar-refractivity contribution in [2.75, 3.05) is 5.32 Å². The summed E-state index contributed by atoms with van der Waals surface area (Å²) in [5.74, 6) is -0.226. The second-order valence-electron chi connectivity index (χ2n) is 4.34. The topological polar surface area (TPSA) is 67.8 Å². The zero-order chi connectivity index (χ0) is 14.5. The molecule has 0 aliphatic carbocycles. The van der Waals surface area contributed by atoms with E-state index in [0.717, 1.165) is 11.0 Å². The molecule has 0 spiro atoms. The maximum atomic E-state index is 11.8. The van der Waals surface area contributed by atoms with E-state index in [9.17, 15) is 4.79 Å². The molecule has 3 aromatic rings. The van der Waals surface area contributed by atoms with Crippen molar-refractivity contribution in [3.63, 3.8) is 0 Å². The van der Waals surface area contributed by atoms with Crippen LogP contribution >= 0.6 is 0 Å². The average Bonchev–Trinajstić information content (AvgIpc) is 2.54. The number of para-hydroxylation sites is 2. The number of aromatic nitrogens is 3. The highest BCUT2D eigenvalue weighted by Gasteiger charge is 1.99. The molecule has 3 rings (SSSR count). The van der Waals surface area contributed by atoms with Gasteiger partial charge in [0.15, 0.2) is 0 Å². The summed E-state index contributed by atoms with van der Waals surface area (Å²) in [6, 6.07) is 11.0. The van der Waals surface area contributed by atoms with Gasteiger partial charge in [-0.1, -0.05) is 12.1 Å². The van der Waals surface area contributed by atoms with E-state index in [1.54, 1.807) is 36.8 Å². The molecule has 1 aromatic carbocycles. The smallest absolute Gasteiger partial charge is 0.248 e. The number of anilines is 1. The van der Waals surface area contributed by atoms with Gasteiger partial charge in [-0.15, -0.1) is 0 Å². The van der Waals surface area contributed by atoms with Crippen molar-refractivity contribution in [1.29, 1.82) is 0 Å². The molecule has 0 fully saturated rings. The van der Waals surface area contributed by atoms with Crippen LogP contribution in [0, 0.1) is 0 Å². The van der Waals surface area contributed by atoms with Crippen LogP contribution in [-0.2, 0) is 4.79 Å². The second kappa shape index (κ2) is 5.92. The van der Waals surface area contributed by atoms with Crippen LogP contribution in [0.4, 0.5) is 5.69 Å². The summed E-state index contributed by atoms with van der Waals surface area (Å²) in [5, 5.41) is 2.74. The van der Waals surface area contributed by atoms with Crippen LogP contribution in [0.25, 0.3) is 17.1 Å². The molecule has 0 saturated carbocycles. The average molecular weight is 276 g/mol. The van der Waals surface area contributed by atoms with E-state index >= 15 is 0 Å². The lowest BCUT2D eigenvalue weighted by molar-refractivity contribution is -0.111. The lowest BCUT2D eigenvalue weighted by atomic mass is 10.3. The monoisotopic (exact) mass is 276 g/mol. The Hall–Kier alpha value is -3.08. The molecule has 0 aliphatic rings. The number of carbonyl (C=O) groups excluding carboxylic acids is 1. The molecule has 0 aliphatic heterocycles. The lowest BCUT2D eigenvalue weighted by Crippen LogP contribution is -2.07. The molecular weight excluding hydrogens is 264 g/mol. The van der Waals surface area contributed by atoms with E-state index in [1.807, 2.05) is 24.3 Å². The number of benzene rings is 1. The van der Waals surface area contributed by atoms with Crippen LogP contribution in [0.5, 0.6) is 0 Å². The maximum Gasteiger partial charge on any atom is 0.248 e. The molecule has 0 unspecified atom stereocenters. The van der Waals surface area contributed by atoms with E-state index < -0.39 is 0 Å². The first-order valence-corrected chi connectivity index (χ1v) is 6.42. The van der Waals surface area contributed by atoms with Crippen molar-refractivity contribution < 1.29 is 4.79 Å². The van der Waals surface area contributed by atoms with Crippen LogP contribution in [0.2, 0.25) is 0 Å². The molecule has 1 N–H and O–H groups in total.